The van der Waals surface area contributed by atoms with E-state index in [-0.39, 0.29) is 17.5 Å². The van der Waals surface area contributed by atoms with E-state index >= 15 is 0 Å². The number of carbonyl (C=O) groups is 2. The number of oxazole rings is 1. The van der Waals surface area contributed by atoms with Crippen molar-refractivity contribution in [3.63, 3.8) is 0 Å². The molecule has 2 aromatic carbocycles. The fraction of sp³-hybridized carbons (Fsp3) is 0.174. The first-order valence-electron chi connectivity index (χ1n) is 9.75. The first-order chi connectivity index (χ1) is 14.7. The van der Waals surface area contributed by atoms with Gasteiger partial charge in [-0.2, -0.15) is 0 Å². The highest BCUT2D eigenvalue weighted by Crippen LogP contribution is 2.28. The lowest BCUT2D eigenvalue weighted by molar-refractivity contribution is 0.0515. The number of rotatable bonds is 3. The van der Waals surface area contributed by atoms with Crippen molar-refractivity contribution in [3.05, 3.63) is 78.7 Å². The second-order valence-corrected chi connectivity index (χ2v) is 7.15. The third-order valence-corrected chi connectivity index (χ3v) is 5.37. The van der Waals surface area contributed by atoms with Crippen LogP contribution in [0.25, 0.3) is 22.1 Å². The summed E-state index contributed by atoms with van der Waals surface area (Å²) >= 11 is 0. The molecule has 0 saturated carbocycles. The van der Waals surface area contributed by atoms with Crippen molar-refractivity contribution >= 4 is 22.6 Å². The van der Waals surface area contributed by atoms with Crippen LogP contribution in [0.2, 0.25) is 0 Å². The normalized spacial score (nSPS) is 14.3. The van der Waals surface area contributed by atoms with Crippen LogP contribution >= 0.6 is 0 Å². The van der Waals surface area contributed by atoms with Gasteiger partial charge >= 0.3 is 0 Å². The molecule has 0 bridgehead atoms. The largest absolute Gasteiger partial charge is 0.459 e. The Morgan fingerprint density at radius 2 is 1.53 bits per heavy atom. The molecular formula is C23H19N3O4. The highest BCUT2D eigenvalue weighted by Gasteiger charge is 2.29. The summed E-state index contributed by atoms with van der Waals surface area (Å²) in [6.07, 6.45) is 2.78. The van der Waals surface area contributed by atoms with E-state index in [9.17, 15) is 9.59 Å². The molecule has 0 N–H and O–H groups in total. The average molecular weight is 401 g/mol. The number of carbonyl (C=O) groups excluding carboxylic acids is 2. The van der Waals surface area contributed by atoms with Gasteiger partial charge in [0, 0.05) is 31.7 Å². The summed E-state index contributed by atoms with van der Waals surface area (Å²) in [7, 11) is 0. The van der Waals surface area contributed by atoms with Crippen LogP contribution in [0.15, 0.2) is 76.1 Å². The van der Waals surface area contributed by atoms with Gasteiger partial charge in [0.05, 0.1) is 6.26 Å². The SMILES string of the molecule is O=C(c1ccco1)N1CCN(C(=O)c2ncoc2-c2ccc3ccccc3c2)CC1. The Bertz CT molecular complexity index is 1200. The van der Waals surface area contributed by atoms with Crippen LogP contribution in [0.1, 0.15) is 21.0 Å². The summed E-state index contributed by atoms with van der Waals surface area (Å²) < 4.78 is 10.8. The van der Waals surface area contributed by atoms with Gasteiger partial charge in [-0.15, -0.1) is 0 Å². The molecule has 3 heterocycles. The van der Waals surface area contributed by atoms with Gasteiger partial charge in [0.1, 0.15) is 0 Å². The predicted octanol–water partition coefficient (Wildman–Crippen LogP) is 3.69. The lowest BCUT2D eigenvalue weighted by atomic mass is 10.0. The van der Waals surface area contributed by atoms with Gasteiger partial charge in [-0.1, -0.05) is 36.4 Å². The standard InChI is InChI=1S/C23H19N3O4/c27-22(19-6-3-13-29-19)25-9-11-26(12-10-25)23(28)20-21(30-15-24-20)18-8-7-16-4-1-2-5-17(16)14-18/h1-8,13-15H,9-12H2. The molecular weight excluding hydrogens is 382 g/mol. The molecule has 0 spiro atoms. The second kappa shape index (κ2) is 7.51. The average Bonchev–Trinajstić information content (AvgIpc) is 3.50. The molecule has 1 fully saturated rings. The van der Waals surface area contributed by atoms with Crippen LogP contribution < -0.4 is 0 Å². The molecule has 0 radical (unpaired) electrons. The summed E-state index contributed by atoms with van der Waals surface area (Å²) in [5, 5.41) is 2.18. The third-order valence-electron chi connectivity index (χ3n) is 5.37. The molecule has 4 aromatic rings. The van der Waals surface area contributed by atoms with E-state index in [0.29, 0.717) is 37.7 Å². The fourth-order valence-electron chi connectivity index (χ4n) is 3.75. The van der Waals surface area contributed by atoms with Crippen molar-refractivity contribution in [3.8, 4) is 11.3 Å². The zero-order valence-corrected chi connectivity index (χ0v) is 16.2. The number of furan rings is 1. The summed E-state index contributed by atoms with van der Waals surface area (Å²) in [5.74, 6) is 0.409. The molecule has 1 saturated heterocycles. The van der Waals surface area contributed by atoms with E-state index in [1.807, 2.05) is 42.5 Å². The van der Waals surface area contributed by atoms with Crippen molar-refractivity contribution in [1.82, 2.24) is 14.8 Å². The highest BCUT2D eigenvalue weighted by atomic mass is 16.3. The predicted molar refractivity (Wildman–Crippen MR) is 110 cm³/mol. The quantitative estimate of drug-likeness (QED) is 0.523. The maximum absolute atomic E-state index is 13.1. The summed E-state index contributed by atoms with van der Waals surface area (Å²) in [6.45, 7) is 1.73. The van der Waals surface area contributed by atoms with Crippen LogP contribution in [-0.4, -0.2) is 52.8 Å². The van der Waals surface area contributed by atoms with Gasteiger partial charge in [-0.05, 0) is 29.0 Å². The lowest BCUT2D eigenvalue weighted by Gasteiger charge is -2.34. The van der Waals surface area contributed by atoms with Gasteiger partial charge in [-0.3, -0.25) is 9.59 Å². The van der Waals surface area contributed by atoms with Crippen molar-refractivity contribution < 1.29 is 18.4 Å². The number of amides is 2. The van der Waals surface area contributed by atoms with Gasteiger partial charge in [0.2, 0.25) is 0 Å². The Kier molecular flexibility index (Phi) is 4.55. The van der Waals surface area contributed by atoms with Crippen molar-refractivity contribution in [1.29, 1.82) is 0 Å². The maximum Gasteiger partial charge on any atom is 0.289 e. The lowest BCUT2D eigenvalue weighted by Crippen LogP contribution is -2.50. The number of piperazine rings is 1. The molecule has 2 amide bonds. The minimum Gasteiger partial charge on any atom is -0.459 e. The fourth-order valence-corrected chi connectivity index (χ4v) is 3.75. The van der Waals surface area contributed by atoms with Gasteiger partial charge < -0.3 is 18.6 Å². The molecule has 0 unspecified atom stereocenters. The van der Waals surface area contributed by atoms with E-state index in [1.54, 1.807) is 21.9 Å². The zero-order valence-electron chi connectivity index (χ0n) is 16.2. The van der Waals surface area contributed by atoms with Crippen molar-refractivity contribution in [2.75, 3.05) is 26.2 Å². The molecule has 150 valence electrons. The molecule has 0 aliphatic carbocycles. The van der Waals surface area contributed by atoms with E-state index in [0.717, 1.165) is 16.3 Å². The first-order valence-corrected chi connectivity index (χ1v) is 9.75. The van der Waals surface area contributed by atoms with Gasteiger partial charge in [-0.25, -0.2) is 4.98 Å². The summed E-state index contributed by atoms with van der Waals surface area (Å²) in [4.78, 5) is 33.1. The second-order valence-electron chi connectivity index (χ2n) is 7.15. The molecule has 7 nitrogen and oxygen atoms in total. The number of fused-ring (bicyclic) bond motifs is 1. The molecule has 1 aliphatic rings. The number of nitrogens with zero attached hydrogens (tertiary/aromatic N) is 3. The van der Waals surface area contributed by atoms with Gasteiger partial charge in [0.15, 0.2) is 23.6 Å². The Morgan fingerprint density at radius 1 is 0.800 bits per heavy atom. The summed E-state index contributed by atoms with van der Waals surface area (Å²) in [5.41, 5.74) is 1.09. The van der Waals surface area contributed by atoms with E-state index in [4.69, 9.17) is 8.83 Å². The van der Waals surface area contributed by atoms with Crippen LogP contribution in [0.4, 0.5) is 0 Å². The minimum absolute atomic E-state index is 0.162. The van der Waals surface area contributed by atoms with E-state index in [2.05, 4.69) is 4.98 Å². The Balaban J connectivity index is 1.33. The van der Waals surface area contributed by atoms with Crippen LogP contribution in [0.5, 0.6) is 0 Å². The van der Waals surface area contributed by atoms with E-state index in [1.165, 1.54) is 12.7 Å². The number of hydrogen-bond acceptors (Lipinski definition) is 5. The van der Waals surface area contributed by atoms with Crippen molar-refractivity contribution in [2.45, 2.75) is 0 Å². The van der Waals surface area contributed by atoms with Crippen LogP contribution in [-0.2, 0) is 0 Å². The number of aromatic nitrogens is 1. The maximum atomic E-state index is 13.1. The van der Waals surface area contributed by atoms with Crippen LogP contribution in [0.3, 0.4) is 0 Å². The molecule has 0 atom stereocenters. The molecule has 2 aromatic heterocycles. The first kappa shape index (κ1) is 18.2. The molecule has 5 rings (SSSR count). The Labute approximate surface area is 172 Å². The zero-order chi connectivity index (χ0) is 20.5. The monoisotopic (exact) mass is 401 g/mol. The minimum atomic E-state index is -0.197. The highest BCUT2D eigenvalue weighted by molar-refractivity contribution is 5.99. The third kappa shape index (κ3) is 3.24. The molecule has 7 heteroatoms. The Hall–Kier alpha value is -3.87. The Morgan fingerprint density at radius 3 is 2.27 bits per heavy atom. The number of benzene rings is 2. The topological polar surface area (TPSA) is 79.8 Å². The number of hydrogen-bond donors (Lipinski definition) is 0. The smallest absolute Gasteiger partial charge is 0.289 e. The van der Waals surface area contributed by atoms with E-state index < -0.39 is 0 Å². The molecule has 30 heavy (non-hydrogen) atoms. The summed E-state index contributed by atoms with van der Waals surface area (Å²) in [6, 6.07) is 17.3. The van der Waals surface area contributed by atoms with Gasteiger partial charge in [0.25, 0.3) is 11.8 Å². The molecule has 1 aliphatic heterocycles. The van der Waals surface area contributed by atoms with Crippen LogP contribution in [0, 0.1) is 0 Å². The van der Waals surface area contributed by atoms with Crippen molar-refractivity contribution in [2.24, 2.45) is 0 Å².